The Hall–Kier alpha value is -1.39. The lowest BCUT2D eigenvalue weighted by atomic mass is 10.5. The van der Waals surface area contributed by atoms with Crippen molar-refractivity contribution in [3.8, 4) is 0 Å². The largest absolute Gasteiger partial charge is 0.459 e. The molecule has 0 saturated carbocycles. The van der Waals surface area contributed by atoms with Crippen molar-refractivity contribution >= 4 is 5.97 Å². The molecule has 0 amide bonds. The van der Waals surface area contributed by atoms with E-state index in [9.17, 15) is 4.79 Å². The van der Waals surface area contributed by atoms with E-state index in [2.05, 4.69) is 20.1 Å². The highest BCUT2D eigenvalue weighted by molar-refractivity contribution is 5.65. The van der Waals surface area contributed by atoms with Crippen molar-refractivity contribution in [1.82, 2.24) is 15.4 Å². The maximum Gasteiger partial charge on any atom is 0.303 e. The second-order valence-electron chi connectivity index (χ2n) is 1.74. The van der Waals surface area contributed by atoms with Gasteiger partial charge in [0.25, 0.3) is 0 Å². The van der Waals surface area contributed by atoms with E-state index < -0.39 is 0 Å². The Bertz CT molecular complexity index is 207. The molecule has 0 saturated heterocycles. The van der Waals surface area contributed by atoms with Crippen molar-refractivity contribution < 1.29 is 9.53 Å². The van der Waals surface area contributed by atoms with Gasteiger partial charge in [0.15, 0.2) is 0 Å². The van der Waals surface area contributed by atoms with Crippen molar-refractivity contribution in [2.75, 3.05) is 0 Å². The Morgan fingerprint density at radius 3 is 3.20 bits per heavy atom. The van der Waals surface area contributed by atoms with Gasteiger partial charge < -0.3 is 4.74 Å². The summed E-state index contributed by atoms with van der Waals surface area (Å²) in [5, 5.41) is 9.61. The molecule has 0 aliphatic rings. The second kappa shape index (κ2) is 2.95. The van der Waals surface area contributed by atoms with E-state index >= 15 is 0 Å². The van der Waals surface area contributed by atoms with Crippen LogP contribution in [-0.2, 0) is 16.1 Å². The summed E-state index contributed by atoms with van der Waals surface area (Å²) in [6.07, 6.45) is 1.50. The van der Waals surface area contributed by atoms with Gasteiger partial charge in [-0.25, -0.2) is 0 Å². The minimum atomic E-state index is -0.317. The molecule has 0 aliphatic carbocycles. The zero-order valence-electron chi connectivity index (χ0n) is 5.50. The van der Waals surface area contributed by atoms with Crippen molar-refractivity contribution in [2.24, 2.45) is 0 Å². The molecule has 1 rings (SSSR count). The average molecular weight is 141 g/mol. The van der Waals surface area contributed by atoms with Crippen LogP contribution in [-0.4, -0.2) is 21.4 Å². The zero-order chi connectivity index (χ0) is 7.40. The van der Waals surface area contributed by atoms with Gasteiger partial charge in [0.1, 0.15) is 12.3 Å². The zero-order valence-corrected chi connectivity index (χ0v) is 5.50. The number of esters is 1. The van der Waals surface area contributed by atoms with Crippen molar-refractivity contribution in [2.45, 2.75) is 13.5 Å². The van der Waals surface area contributed by atoms with Crippen LogP contribution in [0.4, 0.5) is 0 Å². The molecule has 1 aromatic heterocycles. The lowest BCUT2D eigenvalue weighted by Crippen LogP contribution is -1.98. The molecule has 1 aromatic rings. The number of nitrogens with zero attached hydrogens (tertiary/aromatic N) is 2. The molecule has 54 valence electrons. The Morgan fingerprint density at radius 1 is 1.90 bits per heavy atom. The third kappa shape index (κ3) is 1.85. The van der Waals surface area contributed by atoms with E-state index in [-0.39, 0.29) is 12.6 Å². The van der Waals surface area contributed by atoms with Crippen LogP contribution in [0.2, 0.25) is 0 Å². The number of aromatic nitrogens is 3. The molecule has 1 heterocycles. The molecule has 0 unspecified atom stereocenters. The van der Waals surface area contributed by atoms with Gasteiger partial charge in [-0.2, -0.15) is 15.4 Å². The molecule has 0 radical (unpaired) electrons. The van der Waals surface area contributed by atoms with Gasteiger partial charge in [0.05, 0.1) is 6.20 Å². The number of carbonyl (C=O) groups excluding carboxylic acids is 1. The lowest BCUT2D eigenvalue weighted by Gasteiger charge is -1.94. The predicted octanol–water partition coefficient (Wildman–Crippen LogP) is -0.132. The number of hydrogen-bond acceptors (Lipinski definition) is 4. The third-order valence-corrected chi connectivity index (χ3v) is 0.888. The molecule has 0 spiro atoms. The Balaban J connectivity index is 2.35. The molecule has 5 heteroatoms. The molecular weight excluding hydrogens is 134 g/mol. The number of H-pyrrole nitrogens is 1. The summed E-state index contributed by atoms with van der Waals surface area (Å²) in [7, 11) is 0. The monoisotopic (exact) mass is 141 g/mol. The summed E-state index contributed by atoms with van der Waals surface area (Å²) in [5.74, 6) is -0.317. The van der Waals surface area contributed by atoms with Gasteiger partial charge >= 0.3 is 5.97 Å². The van der Waals surface area contributed by atoms with Crippen molar-refractivity contribution in [1.29, 1.82) is 0 Å². The van der Waals surface area contributed by atoms with E-state index in [1.54, 1.807) is 0 Å². The van der Waals surface area contributed by atoms with E-state index in [1.165, 1.54) is 13.1 Å². The number of aromatic amines is 1. The second-order valence-corrected chi connectivity index (χ2v) is 1.74. The van der Waals surface area contributed by atoms with Crippen molar-refractivity contribution in [3.05, 3.63) is 11.9 Å². The number of hydrogen-bond donors (Lipinski definition) is 1. The van der Waals surface area contributed by atoms with Gasteiger partial charge in [-0.05, 0) is 0 Å². The minimum absolute atomic E-state index is 0.186. The first-order valence-corrected chi connectivity index (χ1v) is 2.77. The Labute approximate surface area is 57.4 Å². The van der Waals surface area contributed by atoms with Crippen LogP contribution in [0.1, 0.15) is 12.6 Å². The number of rotatable bonds is 2. The van der Waals surface area contributed by atoms with E-state index in [0.717, 1.165) is 0 Å². The highest BCUT2D eigenvalue weighted by Crippen LogP contribution is 1.91. The minimum Gasteiger partial charge on any atom is -0.459 e. The summed E-state index contributed by atoms with van der Waals surface area (Å²) in [6, 6.07) is 0. The Kier molecular flexibility index (Phi) is 1.99. The normalized spacial score (nSPS) is 9.30. The molecule has 0 fully saturated rings. The highest BCUT2D eigenvalue weighted by atomic mass is 16.5. The third-order valence-electron chi connectivity index (χ3n) is 0.888. The number of ether oxygens (including phenoxy) is 1. The molecule has 0 atom stereocenters. The van der Waals surface area contributed by atoms with Crippen LogP contribution in [0.15, 0.2) is 6.20 Å². The fourth-order valence-electron chi connectivity index (χ4n) is 0.470. The molecule has 5 nitrogen and oxygen atoms in total. The first-order valence-electron chi connectivity index (χ1n) is 2.77. The standard InChI is InChI=1S/C5H7N3O2/c1-4(9)10-3-5-2-6-8-7-5/h2H,3H2,1H3,(H,6,7,8). The van der Waals surface area contributed by atoms with Gasteiger partial charge in [0.2, 0.25) is 0 Å². The van der Waals surface area contributed by atoms with Gasteiger partial charge in [0, 0.05) is 6.92 Å². The maximum atomic E-state index is 10.3. The smallest absolute Gasteiger partial charge is 0.303 e. The van der Waals surface area contributed by atoms with E-state index in [1.807, 2.05) is 0 Å². The SMILES string of the molecule is CC(=O)OCc1cn[nH]n1. The molecular formula is C5H7N3O2. The van der Waals surface area contributed by atoms with Crippen LogP contribution in [0.25, 0.3) is 0 Å². The number of nitrogens with one attached hydrogen (secondary N) is 1. The van der Waals surface area contributed by atoms with Gasteiger partial charge in [-0.3, -0.25) is 4.79 Å². The van der Waals surface area contributed by atoms with Crippen LogP contribution >= 0.6 is 0 Å². The van der Waals surface area contributed by atoms with Gasteiger partial charge in [-0.1, -0.05) is 0 Å². The summed E-state index contributed by atoms with van der Waals surface area (Å²) >= 11 is 0. The number of carbonyl (C=O) groups is 1. The summed E-state index contributed by atoms with van der Waals surface area (Å²) < 4.78 is 4.62. The molecule has 0 aromatic carbocycles. The summed E-state index contributed by atoms with van der Waals surface area (Å²) in [4.78, 5) is 10.3. The van der Waals surface area contributed by atoms with E-state index in [4.69, 9.17) is 0 Å². The van der Waals surface area contributed by atoms with E-state index in [0.29, 0.717) is 5.69 Å². The van der Waals surface area contributed by atoms with Gasteiger partial charge in [-0.15, -0.1) is 0 Å². The lowest BCUT2D eigenvalue weighted by molar-refractivity contribution is -0.142. The summed E-state index contributed by atoms with van der Waals surface area (Å²) in [5.41, 5.74) is 0.621. The topological polar surface area (TPSA) is 67.9 Å². The van der Waals surface area contributed by atoms with Crippen molar-refractivity contribution in [3.63, 3.8) is 0 Å². The fourth-order valence-corrected chi connectivity index (χ4v) is 0.470. The quantitative estimate of drug-likeness (QED) is 0.582. The molecule has 1 N–H and O–H groups in total. The summed E-state index contributed by atoms with van der Waals surface area (Å²) in [6.45, 7) is 1.53. The Morgan fingerprint density at radius 2 is 2.70 bits per heavy atom. The fraction of sp³-hybridized carbons (Fsp3) is 0.400. The van der Waals surface area contributed by atoms with Crippen LogP contribution in [0.5, 0.6) is 0 Å². The molecule has 0 bridgehead atoms. The first kappa shape index (κ1) is 6.73. The van der Waals surface area contributed by atoms with Crippen LogP contribution in [0, 0.1) is 0 Å². The average Bonchev–Trinajstić information content (AvgIpc) is 2.34. The molecule has 0 aliphatic heterocycles. The molecule has 10 heavy (non-hydrogen) atoms. The van der Waals surface area contributed by atoms with Crippen LogP contribution in [0.3, 0.4) is 0 Å². The maximum absolute atomic E-state index is 10.3. The van der Waals surface area contributed by atoms with Crippen LogP contribution < -0.4 is 0 Å². The highest BCUT2D eigenvalue weighted by Gasteiger charge is 1.96. The first-order chi connectivity index (χ1) is 4.79. The predicted molar refractivity (Wildman–Crippen MR) is 31.9 cm³/mol.